The van der Waals surface area contributed by atoms with Crippen LogP contribution in [0.25, 0.3) is 33.8 Å². The Hall–Kier alpha value is -3.97. The van der Waals surface area contributed by atoms with E-state index < -0.39 is 0 Å². The summed E-state index contributed by atoms with van der Waals surface area (Å²) in [5.74, 6) is 0.938. The summed E-state index contributed by atoms with van der Waals surface area (Å²) >= 11 is 0. The van der Waals surface area contributed by atoms with Crippen LogP contribution < -0.4 is 10.2 Å². The van der Waals surface area contributed by atoms with Gasteiger partial charge in [0.1, 0.15) is 11.5 Å². The molecule has 7 heteroatoms. The predicted octanol–water partition coefficient (Wildman–Crippen LogP) is 4.18. The maximum Gasteiger partial charge on any atom is 0.256 e. The smallest absolute Gasteiger partial charge is 0.256 e. The van der Waals surface area contributed by atoms with Crippen LogP contribution in [0.4, 0.5) is 11.5 Å². The zero-order chi connectivity index (χ0) is 23.2. The molecule has 0 unspecified atom stereocenters. The normalized spacial score (nSPS) is 17.4. The summed E-state index contributed by atoms with van der Waals surface area (Å²) in [5.41, 5.74) is 7.35. The predicted molar refractivity (Wildman–Crippen MR) is 137 cm³/mol. The van der Waals surface area contributed by atoms with Crippen molar-refractivity contribution in [3.05, 3.63) is 71.4 Å². The number of carbonyl (C=O) groups excluding carboxylic acids is 1. The number of pyridine rings is 1. The van der Waals surface area contributed by atoms with Gasteiger partial charge in [-0.2, -0.15) is 5.10 Å². The first-order valence-electron chi connectivity index (χ1n) is 11.6. The van der Waals surface area contributed by atoms with Gasteiger partial charge in [-0.05, 0) is 62.0 Å². The third-order valence-electron chi connectivity index (χ3n) is 6.70. The number of piperazine rings is 1. The molecule has 170 valence electrons. The number of carbonyl (C=O) groups is 1. The molecule has 0 saturated carbocycles. The quantitative estimate of drug-likeness (QED) is 0.458. The van der Waals surface area contributed by atoms with Crippen molar-refractivity contribution in [3.63, 3.8) is 0 Å². The number of aromatic amines is 1. The molecular formula is C27H26N6O. The SMILES string of the molecule is Cc1ccc2c(c1)C(=Cc1ccc3c(-c4ccc(N5CCN(C)CC5)nc4)n[nH]c3c1)C(=O)N2. The van der Waals surface area contributed by atoms with Crippen LogP contribution in [0, 0.1) is 6.92 Å². The number of anilines is 2. The molecule has 2 aromatic carbocycles. The molecule has 7 nitrogen and oxygen atoms in total. The van der Waals surface area contributed by atoms with Gasteiger partial charge in [-0.15, -0.1) is 0 Å². The number of hydrogen-bond acceptors (Lipinski definition) is 5. The molecule has 1 fully saturated rings. The Morgan fingerprint density at radius 3 is 2.65 bits per heavy atom. The molecule has 2 N–H and O–H groups in total. The molecule has 2 aliphatic heterocycles. The van der Waals surface area contributed by atoms with E-state index in [1.165, 1.54) is 0 Å². The van der Waals surface area contributed by atoms with Gasteiger partial charge in [-0.3, -0.25) is 9.89 Å². The average Bonchev–Trinajstić information content (AvgIpc) is 3.40. The topological polar surface area (TPSA) is 77.2 Å². The highest BCUT2D eigenvalue weighted by Gasteiger charge is 2.24. The number of aryl methyl sites for hydroxylation is 1. The number of nitrogens with zero attached hydrogens (tertiary/aromatic N) is 4. The van der Waals surface area contributed by atoms with Gasteiger partial charge in [0.05, 0.1) is 5.52 Å². The van der Waals surface area contributed by atoms with Crippen molar-refractivity contribution in [3.8, 4) is 11.3 Å². The van der Waals surface area contributed by atoms with Crippen LogP contribution in [0.3, 0.4) is 0 Å². The van der Waals surface area contributed by atoms with Crippen LogP contribution in [-0.2, 0) is 4.79 Å². The molecule has 34 heavy (non-hydrogen) atoms. The van der Waals surface area contributed by atoms with Crippen LogP contribution in [0.15, 0.2) is 54.7 Å². The number of nitrogens with one attached hydrogen (secondary N) is 2. The minimum absolute atomic E-state index is 0.0717. The highest BCUT2D eigenvalue weighted by Crippen LogP contribution is 2.34. The summed E-state index contributed by atoms with van der Waals surface area (Å²) in [6, 6.07) is 16.3. The number of H-pyrrole nitrogens is 1. The van der Waals surface area contributed by atoms with Crippen molar-refractivity contribution >= 4 is 40.0 Å². The van der Waals surface area contributed by atoms with Crippen LogP contribution >= 0.6 is 0 Å². The van der Waals surface area contributed by atoms with Crippen molar-refractivity contribution in [1.82, 2.24) is 20.1 Å². The molecule has 0 radical (unpaired) electrons. The molecule has 4 heterocycles. The van der Waals surface area contributed by atoms with Gasteiger partial charge in [-0.1, -0.05) is 17.7 Å². The maximum atomic E-state index is 12.5. The van der Waals surface area contributed by atoms with Crippen molar-refractivity contribution in [2.75, 3.05) is 43.4 Å². The summed E-state index contributed by atoms with van der Waals surface area (Å²) in [7, 11) is 2.15. The van der Waals surface area contributed by atoms with Crippen LogP contribution in [0.2, 0.25) is 0 Å². The maximum absolute atomic E-state index is 12.5. The lowest BCUT2D eigenvalue weighted by atomic mass is 10.0. The first kappa shape index (κ1) is 20.6. The van der Waals surface area contributed by atoms with Gasteiger partial charge in [-0.25, -0.2) is 4.98 Å². The fourth-order valence-corrected chi connectivity index (χ4v) is 4.71. The standard InChI is InChI=1S/C27H26N6O/c1-17-3-7-23-21(13-17)22(27(34)29-23)14-18-4-6-20-24(15-18)30-31-26(20)19-5-8-25(28-16-19)33-11-9-32(2)10-12-33/h3-8,13-16H,9-12H2,1-2H3,(H,29,34)(H,30,31). The second kappa shape index (κ2) is 8.11. The third kappa shape index (κ3) is 3.64. The number of rotatable bonds is 3. The number of likely N-dealkylation sites (N-methyl/N-ethyl adjacent to an activating group) is 1. The fourth-order valence-electron chi connectivity index (χ4n) is 4.71. The molecule has 0 aliphatic carbocycles. The summed E-state index contributed by atoms with van der Waals surface area (Å²) in [5, 5.41) is 11.7. The molecule has 1 saturated heterocycles. The second-order valence-corrected chi connectivity index (χ2v) is 9.13. The molecule has 0 spiro atoms. The van der Waals surface area contributed by atoms with Gasteiger partial charge < -0.3 is 15.1 Å². The summed E-state index contributed by atoms with van der Waals surface area (Å²) in [6.45, 7) is 6.13. The van der Waals surface area contributed by atoms with E-state index in [0.717, 1.165) is 76.5 Å². The van der Waals surface area contributed by atoms with E-state index in [2.05, 4.69) is 50.6 Å². The summed E-state index contributed by atoms with van der Waals surface area (Å²) in [6.07, 6.45) is 3.84. The minimum atomic E-state index is -0.0717. The van der Waals surface area contributed by atoms with E-state index in [9.17, 15) is 4.79 Å². The highest BCUT2D eigenvalue weighted by atomic mass is 16.2. The van der Waals surface area contributed by atoms with Gasteiger partial charge in [0, 0.05) is 60.1 Å². The van der Waals surface area contributed by atoms with Gasteiger partial charge in [0.25, 0.3) is 5.91 Å². The Morgan fingerprint density at radius 1 is 1.00 bits per heavy atom. The third-order valence-corrected chi connectivity index (χ3v) is 6.70. The molecule has 0 atom stereocenters. The van der Waals surface area contributed by atoms with Gasteiger partial charge in [0.15, 0.2) is 0 Å². The first-order chi connectivity index (χ1) is 16.5. The molecule has 2 aliphatic rings. The number of hydrogen-bond donors (Lipinski definition) is 2. The molecular weight excluding hydrogens is 424 g/mol. The Morgan fingerprint density at radius 2 is 1.85 bits per heavy atom. The largest absolute Gasteiger partial charge is 0.354 e. The number of fused-ring (bicyclic) bond motifs is 2. The van der Waals surface area contributed by atoms with Crippen LogP contribution in [0.5, 0.6) is 0 Å². The zero-order valence-corrected chi connectivity index (χ0v) is 19.3. The molecule has 6 rings (SSSR count). The van der Waals surface area contributed by atoms with Gasteiger partial charge in [0.2, 0.25) is 0 Å². The van der Waals surface area contributed by atoms with E-state index in [1.54, 1.807) is 0 Å². The Kier molecular flexibility index (Phi) is 4.92. The Balaban J connectivity index is 1.29. The van der Waals surface area contributed by atoms with Gasteiger partial charge >= 0.3 is 0 Å². The monoisotopic (exact) mass is 450 g/mol. The molecule has 4 aromatic rings. The minimum Gasteiger partial charge on any atom is -0.354 e. The average molecular weight is 451 g/mol. The van der Waals surface area contributed by atoms with Crippen molar-refractivity contribution in [1.29, 1.82) is 0 Å². The van der Waals surface area contributed by atoms with E-state index in [-0.39, 0.29) is 5.91 Å². The number of amides is 1. The lowest BCUT2D eigenvalue weighted by Crippen LogP contribution is -2.44. The van der Waals surface area contributed by atoms with Crippen molar-refractivity contribution in [2.45, 2.75) is 6.92 Å². The Labute approximate surface area is 198 Å². The number of aromatic nitrogens is 3. The fraction of sp³-hybridized carbons (Fsp3) is 0.222. The van der Waals surface area contributed by atoms with E-state index in [1.807, 2.05) is 49.5 Å². The molecule has 2 aromatic heterocycles. The van der Waals surface area contributed by atoms with Crippen molar-refractivity contribution < 1.29 is 4.79 Å². The first-order valence-corrected chi connectivity index (χ1v) is 11.6. The van der Waals surface area contributed by atoms with Crippen molar-refractivity contribution in [2.24, 2.45) is 0 Å². The highest BCUT2D eigenvalue weighted by molar-refractivity contribution is 6.35. The van der Waals surface area contributed by atoms with Crippen LogP contribution in [0.1, 0.15) is 16.7 Å². The lowest BCUT2D eigenvalue weighted by molar-refractivity contribution is -0.110. The molecule has 0 bridgehead atoms. The van der Waals surface area contributed by atoms with E-state index >= 15 is 0 Å². The van der Waals surface area contributed by atoms with E-state index in [0.29, 0.717) is 5.57 Å². The Bertz CT molecular complexity index is 1430. The van der Waals surface area contributed by atoms with Crippen LogP contribution in [-0.4, -0.2) is 59.2 Å². The lowest BCUT2D eigenvalue weighted by Gasteiger charge is -2.33. The second-order valence-electron chi connectivity index (χ2n) is 9.13. The number of benzene rings is 2. The van der Waals surface area contributed by atoms with E-state index in [4.69, 9.17) is 4.98 Å². The molecule has 1 amide bonds. The zero-order valence-electron chi connectivity index (χ0n) is 19.3. The summed E-state index contributed by atoms with van der Waals surface area (Å²) < 4.78 is 0. The summed E-state index contributed by atoms with van der Waals surface area (Å²) in [4.78, 5) is 21.9.